The van der Waals surface area contributed by atoms with E-state index in [0.29, 0.717) is 12.0 Å². The van der Waals surface area contributed by atoms with Crippen LogP contribution in [0.3, 0.4) is 0 Å². The number of hydroxylamine groups is 1. The first kappa shape index (κ1) is 14.6. The Kier molecular flexibility index (Phi) is 5.28. The number of benzene rings is 1. The van der Waals surface area contributed by atoms with Crippen LogP contribution in [0.1, 0.15) is 37.3 Å². The second-order valence-electron chi connectivity index (χ2n) is 4.79. The number of carbonyl (C=O) groups excluding carboxylic acids is 1. The summed E-state index contributed by atoms with van der Waals surface area (Å²) < 4.78 is 13.2. The molecular formula is C14H20FNO2. The Labute approximate surface area is 107 Å². The fraction of sp³-hybridized carbons (Fsp3) is 0.500. The maximum Gasteiger partial charge on any atom is 0.244 e. The molecule has 1 unspecified atom stereocenters. The van der Waals surface area contributed by atoms with Crippen LogP contribution in [-0.2, 0) is 9.63 Å². The third-order valence-corrected chi connectivity index (χ3v) is 3.04. The van der Waals surface area contributed by atoms with E-state index in [1.807, 2.05) is 13.8 Å². The van der Waals surface area contributed by atoms with Crippen LogP contribution in [0.25, 0.3) is 0 Å². The fourth-order valence-electron chi connectivity index (χ4n) is 1.99. The number of nitrogens with one attached hydrogen (secondary N) is 1. The van der Waals surface area contributed by atoms with Crippen LogP contribution >= 0.6 is 0 Å². The number of amides is 1. The van der Waals surface area contributed by atoms with Crippen LogP contribution in [0.5, 0.6) is 0 Å². The molecule has 0 spiro atoms. The van der Waals surface area contributed by atoms with E-state index in [2.05, 4.69) is 10.3 Å². The zero-order valence-electron chi connectivity index (χ0n) is 11.3. The summed E-state index contributed by atoms with van der Waals surface area (Å²) in [7, 11) is 1.41. The van der Waals surface area contributed by atoms with Gasteiger partial charge < -0.3 is 0 Å². The molecule has 0 saturated carbocycles. The van der Waals surface area contributed by atoms with Crippen LogP contribution in [0.4, 0.5) is 4.39 Å². The second kappa shape index (κ2) is 6.50. The molecule has 0 bridgehead atoms. The Morgan fingerprint density at radius 3 is 2.61 bits per heavy atom. The standard InChI is InChI=1S/C14H20FNO2/c1-9(2)12(8-14(17)16-18-4)11-5-6-13(15)10(3)7-11/h5-7,9,12H,8H2,1-4H3,(H,16,17). The molecule has 0 fully saturated rings. The highest BCUT2D eigenvalue weighted by molar-refractivity contribution is 5.75. The molecule has 1 rings (SSSR count). The smallest absolute Gasteiger partial charge is 0.244 e. The highest BCUT2D eigenvalue weighted by Crippen LogP contribution is 2.29. The Balaban J connectivity index is 2.90. The molecule has 18 heavy (non-hydrogen) atoms. The van der Waals surface area contributed by atoms with Gasteiger partial charge in [0, 0.05) is 6.42 Å². The zero-order chi connectivity index (χ0) is 13.7. The average molecular weight is 253 g/mol. The van der Waals surface area contributed by atoms with Crippen molar-refractivity contribution in [2.24, 2.45) is 5.92 Å². The number of hydrogen-bond donors (Lipinski definition) is 1. The quantitative estimate of drug-likeness (QED) is 0.819. The number of hydrogen-bond acceptors (Lipinski definition) is 2. The van der Waals surface area contributed by atoms with E-state index in [0.717, 1.165) is 5.56 Å². The molecule has 0 radical (unpaired) electrons. The second-order valence-corrected chi connectivity index (χ2v) is 4.79. The van der Waals surface area contributed by atoms with Crippen LogP contribution in [-0.4, -0.2) is 13.0 Å². The lowest BCUT2D eigenvalue weighted by atomic mass is 9.85. The van der Waals surface area contributed by atoms with Gasteiger partial charge in [0.05, 0.1) is 7.11 Å². The Bertz CT molecular complexity index is 418. The maximum atomic E-state index is 13.2. The van der Waals surface area contributed by atoms with Gasteiger partial charge in [0.1, 0.15) is 5.82 Å². The maximum absolute atomic E-state index is 13.2. The number of aryl methyl sites for hydroxylation is 1. The predicted molar refractivity (Wildman–Crippen MR) is 68.5 cm³/mol. The molecule has 0 aliphatic carbocycles. The number of halogens is 1. The molecule has 0 aliphatic heterocycles. The zero-order valence-corrected chi connectivity index (χ0v) is 11.3. The van der Waals surface area contributed by atoms with Gasteiger partial charge in [-0.25, -0.2) is 9.87 Å². The normalized spacial score (nSPS) is 12.6. The van der Waals surface area contributed by atoms with Gasteiger partial charge in [0.25, 0.3) is 0 Å². The Morgan fingerprint density at radius 1 is 1.44 bits per heavy atom. The lowest BCUT2D eigenvalue weighted by Gasteiger charge is -2.21. The molecule has 1 N–H and O–H groups in total. The Morgan fingerprint density at radius 2 is 2.11 bits per heavy atom. The van der Waals surface area contributed by atoms with E-state index in [4.69, 9.17) is 0 Å². The van der Waals surface area contributed by atoms with Gasteiger partial charge >= 0.3 is 0 Å². The SMILES string of the molecule is CONC(=O)CC(c1ccc(F)c(C)c1)C(C)C. The third-order valence-electron chi connectivity index (χ3n) is 3.04. The van der Waals surface area contributed by atoms with Gasteiger partial charge in [-0.1, -0.05) is 26.0 Å². The molecule has 3 nitrogen and oxygen atoms in total. The van der Waals surface area contributed by atoms with Crippen LogP contribution < -0.4 is 5.48 Å². The topological polar surface area (TPSA) is 38.3 Å². The van der Waals surface area contributed by atoms with Crippen LogP contribution in [0.2, 0.25) is 0 Å². The summed E-state index contributed by atoms with van der Waals surface area (Å²) in [6.07, 6.45) is 0.330. The Hall–Kier alpha value is -1.42. The van der Waals surface area contributed by atoms with Crippen molar-refractivity contribution in [2.45, 2.75) is 33.1 Å². The molecule has 1 aromatic carbocycles. The lowest BCUT2D eigenvalue weighted by Crippen LogP contribution is -2.25. The molecular weight excluding hydrogens is 233 g/mol. The first-order valence-corrected chi connectivity index (χ1v) is 6.03. The third kappa shape index (κ3) is 3.81. The van der Waals surface area contributed by atoms with Gasteiger partial charge in [-0.2, -0.15) is 0 Å². The molecule has 0 aliphatic rings. The molecule has 1 amide bonds. The first-order valence-electron chi connectivity index (χ1n) is 6.03. The van der Waals surface area contributed by atoms with Crippen molar-refractivity contribution >= 4 is 5.91 Å². The van der Waals surface area contributed by atoms with Crippen molar-refractivity contribution in [2.75, 3.05) is 7.11 Å². The summed E-state index contributed by atoms with van der Waals surface area (Å²) in [5.74, 6) is -0.0438. The summed E-state index contributed by atoms with van der Waals surface area (Å²) in [5.41, 5.74) is 3.90. The minimum atomic E-state index is -0.220. The molecule has 100 valence electrons. The minimum absolute atomic E-state index is 0.0550. The summed E-state index contributed by atoms with van der Waals surface area (Å²) in [6.45, 7) is 5.82. The molecule has 1 atom stereocenters. The number of rotatable bonds is 5. The van der Waals surface area contributed by atoms with Gasteiger partial charge in [-0.15, -0.1) is 0 Å². The van der Waals surface area contributed by atoms with E-state index in [9.17, 15) is 9.18 Å². The van der Waals surface area contributed by atoms with Gasteiger partial charge in [-0.3, -0.25) is 9.63 Å². The van der Waals surface area contributed by atoms with Gasteiger partial charge in [0.2, 0.25) is 5.91 Å². The van der Waals surface area contributed by atoms with Crippen molar-refractivity contribution in [3.63, 3.8) is 0 Å². The molecule has 0 aromatic heterocycles. The lowest BCUT2D eigenvalue weighted by molar-refractivity contribution is -0.131. The first-order chi connectivity index (χ1) is 8.45. The fourth-order valence-corrected chi connectivity index (χ4v) is 1.99. The van der Waals surface area contributed by atoms with Gasteiger partial charge in [0.15, 0.2) is 0 Å². The predicted octanol–water partition coefficient (Wildman–Crippen LogP) is 2.94. The minimum Gasteiger partial charge on any atom is -0.277 e. The molecule has 0 heterocycles. The van der Waals surface area contributed by atoms with Crippen molar-refractivity contribution in [3.8, 4) is 0 Å². The van der Waals surface area contributed by atoms with E-state index < -0.39 is 0 Å². The monoisotopic (exact) mass is 253 g/mol. The summed E-state index contributed by atoms with van der Waals surface area (Å²) in [4.78, 5) is 16.2. The highest BCUT2D eigenvalue weighted by Gasteiger charge is 2.20. The summed E-state index contributed by atoms with van der Waals surface area (Å²) in [6, 6.07) is 5.00. The van der Waals surface area contributed by atoms with E-state index in [1.165, 1.54) is 13.2 Å². The summed E-state index contributed by atoms with van der Waals surface area (Å²) >= 11 is 0. The van der Waals surface area contributed by atoms with Crippen LogP contribution in [0.15, 0.2) is 18.2 Å². The van der Waals surface area contributed by atoms with Crippen LogP contribution in [0, 0.1) is 18.7 Å². The summed E-state index contributed by atoms with van der Waals surface area (Å²) in [5, 5.41) is 0. The van der Waals surface area contributed by atoms with Crippen molar-refractivity contribution in [1.82, 2.24) is 5.48 Å². The van der Waals surface area contributed by atoms with Crippen molar-refractivity contribution < 1.29 is 14.0 Å². The largest absolute Gasteiger partial charge is 0.277 e. The van der Waals surface area contributed by atoms with E-state index in [-0.39, 0.29) is 23.6 Å². The van der Waals surface area contributed by atoms with Gasteiger partial charge in [-0.05, 0) is 36.0 Å². The highest BCUT2D eigenvalue weighted by atomic mass is 19.1. The van der Waals surface area contributed by atoms with Crippen molar-refractivity contribution in [1.29, 1.82) is 0 Å². The molecule has 1 aromatic rings. The van der Waals surface area contributed by atoms with E-state index >= 15 is 0 Å². The van der Waals surface area contributed by atoms with Crippen molar-refractivity contribution in [3.05, 3.63) is 35.1 Å². The van der Waals surface area contributed by atoms with E-state index in [1.54, 1.807) is 19.1 Å². The molecule has 0 saturated heterocycles. The molecule has 4 heteroatoms. The number of carbonyl (C=O) groups is 1. The average Bonchev–Trinajstić information content (AvgIpc) is 2.30.